The predicted octanol–water partition coefficient (Wildman–Crippen LogP) is 9.87. The Hall–Kier alpha value is -6.36. The molecule has 3 N–H and O–H groups in total. The largest absolute Gasteiger partial charge is 0.490 e. The molecular formula is C53H60N4O7. The number of amides is 3. The van der Waals surface area contributed by atoms with Crippen LogP contribution >= 0.6 is 0 Å². The topological polar surface area (TPSA) is 139 Å². The molecule has 11 heteroatoms. The summed E-state index contributed by atoms with van der Waals surface area (Å²) in [7, 11) is 0. The van der Waals surface area contributed by atoms with Crippen molar-refractivity contribution < 1.29 is 33.7 Å². The molecule has 0 spiro atoms. The number of hydrogen-bond donors (Lipinski definition) is 3. The Balaban J connectivity index is 0.973. The van der Waals surface area contributed by atoms with Crippen molar-refractivity contribution in [1.82, 2.24) is 20.5 Å². The average molecular weight is 865 g/mol. The molecule has 8 rings (SSSR count). The summed E-state index contributed by atoms with van der Waals surface area (Å²) in [6, 6.07) is 28.1. The summed E-state index contributed by atoms with van der Waals surface area (Å²) in [5.41, 5.74) is 8.64. The van der Waals surface area contributed by atoms with E-state index in [2.05, 4.69) is 36.4 Å². The van der Waals surface area contributed by atoms with Crippen LogP contribution in [0, 0.1) is 25.2 Å². The van der Waals surface area contributed by atoms with Crippen molar-refractivity contribution >= 4 is 17.9 Å². The molecule has 1 aliphatic carbocycles. The van der Waals surface area contributed by atoms with Crippen LogP contribution in [0.5, 0.6) is 17.2 Å². The Labute approximate surface area is 376 Å². The minimum Gasteiger partial charge on any atom is -0.490 e. The molecule has 4 aromatic carbocycles. The molecule has 64 heavy (non-hydrogen) atoms. The summed E-state index contributed by atoms with van der Waals surface area (Å²) in [5.74, 6) is 0.958. The number of carbonyl (C=O) groups is 3. The number of urea groups is 1. The first-order valence-corrected chi connectivity index (χ1v) is 22.6. The van der Waals surface area contributed by atoms with Crippen LogP contribution in [-0.2, 0) is 29.0 Å². The SMILES string of the molecule is Cc1nccc(-c2ccc(CC(NC(=O)C3Cc4cc5c(cc4CN3C(=O)NC(C)c3ccccc3)OC(c3ccc(OC4CCC(C(C)(C)C)CC4)cc3)CO5)C(=O)O)cc2)c1C. The molecule has 1 saturated carbocycles. The number of aliphatic carboxylic acids is 1. The Bertz CT molecular complexity index is 2460. The number of nitrogens with one attached hydrogen (secondary N) is 2. The number of carboxylic acids is 1. The van der Waals surface area contributed by atoms with E-state index in [1.54, 1.807) is 6.20 Å². The van der Waals surface area contributed by atoms with Gasteiger partial charge in [-0.1, -0.05) is 87.5 Å². The fraction of sp³-hybridized carbons (Fsp3) is 0.396. The number of rotatable bonds is 11. The van der Waals surface area contributed by atoms with Gasteiger partial charge in [-0.25, -0.2) is 9.59 Å². The van der Waals surface area contributed by atoms with Gasteiger partial charge >= 0.3 is 12.0 Å². The highest BCUT2D eigenvalue weighted by Crippen LogP contribution is 2.42. The summed E-state index contributed by atoms with van der Waals surface area (Å²) in [6.07, 6.45) is 6.34. The lowest BCUT2D eigenvalue weighted by atomic mass is 9.72. The van der Waals surface area contributed by atoms with E-state index < -0.39 is 30.0 Å². The van der Waals surface area contributed by atoms with Gasteiger partial charge in [-0.3, -0.25) is 9.78 Å². The quantitative estimate of drug-likeness (QED) is 0.119. The number of aromatic nitrogens is 1. The number of carbonyl (C=O) groups excluding carboxylic acids is 2. The maximum atomic E-state index is 14.3. The lowest BCUT2D eigenvalue weighted by Gasteiger charge is -2.38. The Morgan fingerprint density at radius 3 is 2.27 bits per heavy atom. The molecule has 3 aliphatic rings. The van der Waals surface area contributed by atoms with E-state index in [1.807, 2.05) is 118 Å². The summed E-state index contributed by atoms with van der Waals surface area (Å²) >= 11 is 0. The maximum Gasteiger partial charge on any atom is 0.326 e. The molecule has 1 aromatic heterocycles. The first kappa shape index (κ1) is 44.3. The van der Waals surface area contributed by atoms with E-state index in [-0.39, 0.29) is 37.6 Å². The number of carboxylic acid groups (broad SMARTS) is 1. The lowest BCUT2D eigenvalue weighted by molar-refractivity contribution is -0.142. The van der Waals surface area contributed by atoms with Crippen molar-refractivity contribution in [1.29, 1.82) is 0 Å². The summed E-state index contributed by atoms with van der Waals surface area (Å²) in [6.45, 7) is 13.3. The first-order valence-electron chi connectivity index (χ1n) is 22.6. The van der Waals surface area contributed by atoms with Gasteiger partial charge in [0.2, 0.25) is 5.91 Å². The Kier molecular flexibility index (Phi) is 13.0. The minimum absolute atomic E-state index is 0.0599. The van der Waals surface area contributed by atoms with Crippen LogP contribution in [-0.4, -0.2) is 57.7 Å². The molecule has 1 fully saturated rings. The molecule has 5 aromatic rings. The number of hydrogen-bond acceptors (Lipinski definition) is 7. The second kappa shape index (κ2) is 18.8. The molecule has 11 nitrogen and oxygen atoms in total. The van der Waals surface area contributed by atoms with E-state index in [0.717, 1.165) is 74.7 Å². The van der Waals surface area contributed by atoms with Gasteiger partial charge in [0.1, 0.15) is 24.4 Å². The average Bonchev–Trinajstić information content (AvgIpc) is 3.29. The summed E-state index contributed by atoms with van der Waals surface area (Å²) < 4.78 is 19.3. The van der Waals surface area contributed by atoms with E-state index in [0.29, 0.717) is 23.5 Å². The molecule has 0 bridgehead atoms. The van der Waals surface area contributed by atoms with Crippen LogP contribution in [0.3, 0.4) is 0 Å². The second-order valence-corrected chi connectivity index (χ2v) is 18.8. The zero-order valence-electron chi connectivity index (χ0n) is 37.7. The molecule has 0 saturated heterocycles. The van der Waals surface area contributed by atoms with Gasteiger partial charge in [-0.05, 0) is 133 Å². The Morgan fingerprint density at radius 1 is 0.875 bits per heavy atom. The number of ether oxygens (including phenoxy) is 3. The highest BCUT2D eigenvalue weighted by atomic mass is 16.6. The van der Waals surface area contributed by atoms with Gasteiger partial charge in [-0.2, -0.15) is 0 Å². The third-order valence-electron chi connectivity index (χ3n) is 13.5. The van der Waals surface area contributed by atoms with Crippen molar-refractivity contribution in [2.45, 2.75) is 117 Å². The monoisotopic (exact) mass is 864 g/mol. The van der Waals surface area contributed by atoms with Gasteiger partial charge in [0.15, 0.2) is 17.6 Å². The number of benzene rings is 4. The number of nitrogens with zero attached hydrogens (tertiary/aromatic N) is 2. The van der Waals surface area contributed by atoms with Crippen LogP contribution in [0.1, 0.15) is 105 Å². The second-order valence-electron chi connectivity index (χ2n) is 18.8. The van der Waals surface area contributed by atoms with Crippen LogP contribution in [0.2, 0.25) is 0 Å². The smallest absolute Gasteiger partial charge is 0.326 e. The third-order valence-corrected chi connectivity index (χ3v) is 13.5. The molecule has 4 atom stereocenters. The third kappa shape index (κ3) is 10.0. The van der Waals surface area contributed by atoms with Gasteiger partial charge in [0.05, 0.1) is 12.1 Å². The van der Waals surface area contributed by atoms with Crippen molar-refractivity contribution in [3.8, 4) is 28.4 Å². The zero-order chi connectivity index (χ0) is 45.1. The highest BCUT2D eigenvalue weighted by molar-refractivity contribution is 5.91. The number of aryl methyl sites for hydroxylation is 1. The van der Waals surface area contributed by atoms with E-state index in [9.17, 15) is 19.5 Å². The summed E-state index contributed by atoms with van der Waals surface area (Å²) in [4.78, 5) is 47.0. The van der Waals surface area contributed by atoms with Gasteiger partial charge < -0.3 is 34.9 Å². The zero-order valence-corrected chi connectivity index (χ0v) is 37.7. The normalized spacial score (nSPS) is 20.3. The van der Waals surface area contributed by atoms with Gasteiger partial charge in [0.25, 0.3) is 0 Å². The van der Waals surface area contributed by atoms with Crippen LogP contribution < -0.4 is 24.8 Å². The number of pyridine rings is 1. The van der Waals surface area contributed by atoms with E-state index in [4.69, 9.17) is 14.2 Å². The van der Waals surface area contributed by atoms with E-state index in [1.165, 1.54) is 17.7 Å². The molecule has 3 amide bonds. The van der Waals surface area contributed by atoms with Crippen LogP contribution in [0.15, 0.2) is 103 Å². The predicted molar refractivity (Wildman–Crippen MR) is 246 cm³/mol. The molecule has 2 aliphatic heterocycles. The minimum atomic E-state index is -1.23. The van der Waals surface area contributed by atoms with Crippen LogP contribution in [0.25, 0.3) is 11.1 Å². The maximum absolute atomic E-state index is 14.3. The lowest BCUT2D eigenvalue weighted by Crippen LogP contribution is -2.57. The fourth-order valence-corrected chi connectivity index (χ4v) is 9.33. The van der Waals surface area contributed by atoms with Gasteiger partial charge in [0, 0.05) is 31.3 Å². The summed E-state index contributed by atoms with van der Waals surface area (Å²) in [5, 5.41) is 16.2. The molecule has 4 unspecified atom stereocenters. The van der Waals surface area contributed by atoms with Crippen molar-refractivity contribution in [2.24, 2.45) is 11.3 Å². The number of fused-ring (bicyclic) bond motifs is 2. The molecule has 334 valence electrons. The van der Waals surface area contributed by atoms with Crippen molar-refractivity contribution in [3.05, 3.63) is 142 Å². The molecule has 0 radical (unpaired) electrons. The highest BCUT2D eigenvalue weighted by Gasteiger charge is 2.39. The standard InChI is InChI=1S/C53H60N4O7/c1-32-33(2)54-25-24-44(32)37-14-12-35(13-15-37)26-45(51(59)60)56-50(58)46-27-39-28-47-48(29-40(39)30-57(46)52(61)55-34(3)36-10-8-7-9-11-36)64-49(31-62-47)38-16-20-42(21-17-38)63-43-22-18-41(19-23-43)53(4,5)6/h7-17,20-21,24-25,28-29,34,41,43,45-46,49H,18-19,22-23,26-27,30-31H2,1-6H3,(H,55,61)(H,56,58)(H,59,60). The molecule has 3 heterocycles. The van der Waals surface area contributed by atoms with E-state index >= 15 is 0 Å². The van der Waals surface area contributed by atoms with Gasteiger partial charge in [-0.15, -0.1) is 0 Å². The molecular weight excluding hydrogens is 805 g/mol. The van der Waals surface area contributed by atoms with Crippen molar-refractivity contribution in [3.63, 3.8) is 0 Å². The van der Waals surface area contributed by atoms with Crippen molar-refractivity contribution in [2.75, 3.05) is 6.61 Å². The Morgan fingerprint density at radius 2 is 1.58 bits per heavy atom. The van der Waals surface area contributed by atoms with Crippen LogP contribution in [0.4, 0.5) is 4.79 Å². The fourth-order valence-electron chi connectivity index (χ4n) is 9.33. The first-order chi connectivity index (χ1) is 30.7.